The topological polar surface area (TPSA) is 50.4 Å². The number of ether oxygens (including phenoxy) is 1. The lowest BCUT2D eigenvalue weighted by Gasteiger charge is -2.14. The van der Waals surface area contributed by atoms with Crippen LogP contribution in [0.2, 0.25) is 0 Å². The third-order valence-corrected chi connectivity index (χ3v) is 2.66. The van der Waals surface area contributed by atoms with E-state index in [1.807, 2.05) is 45.0 Å². The Morgan fingerprint density at radius 3 is 2.67 bits per heavy atom. The van der Waals surface area contributed by atoms with Crippen LogP contribution in [0.1, 0.15) is 27.2 Å². The minimum absolute atomic E-state index is 0.0946. The average Bonchev–Trinajstić information content (AvgIpc) is 2.36. The summed E-state index contributed by atoms with van der Waals surface area (Å²) in [6.07, 6.45) is 0.440. The van der Waals surface area contributed by atoms with Crippen molar-refractivity contribution in [1.29, 1.82) is 0 Å². The molecule has 0 aliphatic carbocycles. The summed E-state index contributed by atoms with van der Waals surface area (Å²) in [5.74, 6) is 0.864. The molecule has 0 spiro atoms. The standard InChI is InChI=1S/C16H22N2O2S/c1-11(2)9-15(19)18-16(21)17-13-7-5-6-8-14(13)20-10-12(3)4/h5-8,11H,3,9-10H2,1-2,4H3,(H2,17,18,19,21). The van der Waals surface area contributed by atoms with Gasteiger partial charge in [-0.3, -0.25) is 4.79 Å². The Balaban J connectivity index is 2.63. The number of benzene rings is 1. The summed E-state index contributed by atoms with van der Waals surface area (Å²) in [5, 5.41) is 5.91. The number of thiocarbonyl (C=S) groups is 1. The predicted octanol–water partition coefficient (Wildman–Crippen LogP) is 3.50. The molecule has 5 heteroatoms. The van der Waals surface area contributed by atoms with Crippen molar-refractivity contribution in [2.24, 2.45) is 5.92 Å². The van der Waals surface area contributed by atoms with E-state index in [1.165, 1.54) is 0 Å². The van der Waals surface area contributed by atoms with Gasteiger partial charge in [0, 0.05) is 6.42 Å². The molecule has 0 saturated heterocycles. The molecule has 0 bridgehead atoms. The molecule has 0 atom stereocenters. The zero-order valence-corrected chi connectivity index (χ0v) is 13.5. The molecular formula is C16H22N2O2S. The van der Waals surface area contributed by atoms with Gasteiger partial charge in [0.05, 0.1) is 5.69 Å². The van der Waals surface area contributed by atoms with E-state index in [0.29, 0.717) is 30.4 Å². The molecule has 1 aromatic rings. The number of anilines is 1. The zero-order chi connectivity index (χ0) is 15.8. The summed E-state index contributed by atoms with van der Waals surface area (Å²) in [6.45, 7) is 10.1. The van der Waals surface area contributed by atoms with Gasteiger partial charge < -0.3 is 15.4 Å². The molecule has 0 heterocycles. The van der Waals surface area contributed by atoms with Gasteiger partial charge in [0.15, 0.2) is 5.11 Å². The fraction of sp³-hybridized carbons (Fsp3) is 0.375. The third kappa shape index (κ3) is 6.90. The van der Waals surface area contributed by atoms with Crippen LogP contribution < -0.4 is 15.4 Å². The predicted molar refractivity (Wildman–Crippen MR) is 90.6 cm³/mol. The van der Waals surface area contributed by atoms with Gasteiger partial charge in [-0.15, -0.1) is 0 Å². The number of carbonyl (C=O) groups is 1. The largest absolute Gasteiger partial charge is 0.487 e. The van der Waals surface area contributed by atoms with Crippen LogP contribution >= 0.6 is 12.2 Å². The molecule has 0 radical (unpaired) electrons. The van der Waals surface area contributed by atoms with Crippen LogP contribution in [0.25, 0.3) is 0 Å². The highest BCUT2D eigenvalue weighted by Gasteiger charge is 2.09. The molecule has 0 unspecified atom stereocenters. The average molecular weight is 306 g/mol. The number of hydrogen-bond donors (Lipinski definition) is 2. The molecule has 0 saturated carbocycles. The van der Waals surface area contributed by atoms with E-state index in [9.17, 15) is 4.79 Å². The Labute approximate surface area is 131 Å². The lowest BCUT2D eigenvalue weighted by molar-refractivity contribution is -0.120. The summed E-state index contributed by atoms with van der Waals surface area (Å²) in [7, 11) is 0. The Morgan fingerprint density at radius 1 is 1.38 bits per heavy atom. The molecule has 0 fully saturated rings. The van der Waals surface area contributed by atoms with E-state index < -0.39 is 0 Å². The fourth-order valence-electron chi connectivity index (χ4n) is 1.60. The molecule has 1 amide bonds. The molecule has 0 aromatic heterocycles. The second-order valence-corrected chi connectivity index (χ2v) is 5.75. The second-order valence-electron chi connectivity index (χ2n) is 5.34. The third-order valence-electron chi connectivity index (χ3n) is 2.46. The highest BCUT2D eigenvalue weighted by atomic mass is 32.1. The summed E-state index contributed by atoms with van der Waals surface area (Å²) >= 11 is 5.14. The number of rotatable bonds is 6. The quantitative estimate of drug-likeness (QED) is 0.624. The molecule has 1 aromatic carbocycles. The van der Waals surface area contributed by atoms with Gasteiger partial charge in [0.2, 0.25) is 5.91 Å². The minimum atomic E-state index is -0.0946. The number of carbonyl (C=O) groups excluding carboxylic acids is 1. The van der Waals surface area contributed by atoms with Crippen LogP contribution in [0.4, 0.5) is 5.69 Å². The minimum Gasteiger partial charge on any atom is -0.487 e. The van der Waals surface area contributed by atoms with Crippen molar-refractivity contribution >= 4 is 28.9 Å². The molecule has 0 aliphatic rings. The van der Waals surface area contributed by atoms with Crippen LogP contribution in [0.3, 0.4) is 0 Å². The number of amides is 1. The first kappa shape index (κ1) is 17.2. The van der Waals surface area contributed by atoms with Gasteiger partial charge >= 0.3 is 0 Å². The van der Waals surface area contributed by atoms with Gasteiger partial charge in [-0.05, 0) is 42.8 Å². The van der Waals surface area contributed by atoms with Gasteiger partial charge in [0.25, 0.3) is 0 Å². The van der Waals surface area contributed by atoms with Crippen LogP contribution in [0.15, 0.2) is 36.4 Å². The Bertz CT molecular complexity index is 527. The lowest BCUT2D eigenvalue weighted by atomic mass is 10.1. The summed E-state index contributed by atoms with van der Waals surface area (Å²) in [5.41, 5.74) is 1.64. The van der Waals surface area contributed by atoms with E-state index in [4.69, 9.17) is 17.0 Å². The number of hydrogen-bond acceptors (Lipinski definition) is 3. The van der Waals surface area contributed by atoms with E-state index in [0.717, 1.165) is 5.57 Å². The molecule has 1 rings (SSSR count). The maximum atomic E-state index is 11.7. The van der Waals surface area contributed by atoms with Crippen molar-refractivity contribution in [2.75, 3.05) is 11.9 Å². The van der Waals surface area contributed by atoms with Crippen molar-refractivity contribution in [1.82, 2.24) is 5.32 Å². The molecule has 4 nitrogen and oxygen atoms in total. The van der Waals surface area contributed by atoms with Crippen LogP contribution in [0.5, 0.6) is 5.75 Å². The zero-order valence-electron chi connectivity index (χ0n) is 12.7. The van der Waals surface area contributed by atoms with E-state index >= 15 is 0 Å². The van der Waals surface area contributed by atoms with Crippen molar-refractivity contribution in [3.05, 3.63) is 36.4 Å². The second kappa shape index (κ2) is 8.42. The Hall–Kier alpha value is -1.88. The van der Waals surface area contributed by atoms with Crippen LogP contribution in [-0.2, 0) is 4.79 Å². The van der Waals surface area contributed by atoms with Crippen molar-refractivity contribution < 1.29 is 9.53 Å². The molecule has 114 valence electrons. The molecule has 21 heavy (non-hydrogen) atoms. The normalized spacial score (nSPS) is 10.1. The first-order valence-corrected chi connectivity index (χ1v) is 7.26. The lowest BCUT2D eigenvalue weighted by Crippen LogP contribution is -2.34. The van der Waals surface area contributed by atoms with E-state index in [2.05, 4.69) is 17.2 Å². The highest BCUT2D eigenvalue weighted by molar-refractivity contribution is 7.80. The maximum Gasteiger partial charge on any atom is 0.226 e. The number of para-hydroxylation sites is 2. The van der Waals surface area contributed by atoms with Gasteiger partial charge in [-0.1, -0.05) is 32.6 Å². The van der Waals surface area contributed by atoms with Gasteiger partial charge in [0.1, 0.15) is 12.4 Å². The van der Waals surface area contributed by atoms with Gasteiger partial charge in [-0.25, -0.2) is 0 Å². The Kier molecular flexibility index (Phi) is 6.88. The molecule has 0 aliphatic heterocycles. The SMILES string of the molecule is C=C(C)COc1ccccc1NC(=S)NC(=O)CC(C)C. The summed E-state index contributed by atoms with van der Waals surface area (Å²) in [6, 6.07) is 7.42. The van der Waals surface area contributed by atoms with E-state index in [-0.39, 0.29) is 11.0 Å². The van der Waals surface area contributed by atoms with Crippen LogP contribution in [0, 0.1) is 5.92 Å². The fourth-order valence-corrected chi connectivity index (χ4v) is 1.82. The summed E-state index contributed by atoms with van der Waals surface area (Å²) < 4.78 is 5.63. The monoisotopic (exact) mass is 306 g/mol. The summed E-state index contributed by atoms with van der Waals surface area (Å²) in [4.78, 5) is 11.7. The van der Waals surface area contributed by atoms with Crippen molar-refractivity contribution in [2.45, 2.75) is 27.2 Å². The molecular weight excluding hydrogens is 284 g/mol. The van der Waals surface area contributed by atoms with Crippen molar-refractivity contribution in [3.8, 4) is 5.75 Å². The van der Waals surface area contributed by atoms with Gasteiger partial charge in [-0.2, -0.15) is 0 Å². The first-order valence-electron chi connectivity index (χ1n) is 6.85. The smallest absolute Gasteiger partial charge is 0.226 e. The van der Waals surface area contributed by atoms with Crippen molar-refractivity contribution in [3.63, 3.8) is 0 Å². The highest BCUT2D eigenvalue weighted by Crippen LogP contribution is 2.24. The molecule has 2 N–H and O–H groups in total. The van der Waals surface area contributed by atoms with Crippen LogP contribution in [-0.4, -0.2) is 17.6 Å². The maximum absolute atomic E-state index is 11.7. The van der Waals surface area contributed by atoms with E-state index in [1.54, 1.807) is 0 Å². The Morgan fingerprint density at radius 2 is 2.05 bits per heavy atom. The first-order chi connectivity index (χ1) is 9.88. The number of nitrogens with one attached hydrogen (secondary N) is 2.